The van der Waals surface area contributed by atoms with Crippen LogP contribution >= 0.6 is 0 Å². The molecule has 0 atom stereocenters. The number of rotatable bonds is 5. The van der Waals surface area contributed by atoms with E-state index in [0.29, 0.717) is 11.6 Å². The van der Waals surface area contributed by atoms with E-state index >= 15 is 0 Å². The van der Waals surface area contributed by atoms with Crippen molar-refractivity contribution in [1.82, 2.24) is 25.1 Å². The number of methoxy groups -OCH3 is 1. The van der Waals surface area contributed by atoms with E-state index in [-0.39, 0.29) is 6.61 Å². The smallest absolute Gasteiger partial charge is 0.199 e. The highest BCUT2D eigenvalue weighted by atomic mass is 16.5. The topological polar surface area (TPSA) is 87.2 Å². The van der Waals surface area contributed by atoms with Gasteiger partial charge in [0.1, 0.15) is 11.3 Å². The fourth-order valence-electron chi connectivity index (χ4n) is 3.75. The van der Waals surface area contributed by atoms with Crippen molar-refractivity contribution in [3.8, 4) is 5.75 Å². The number of hydrogen-bond donors (Lipinski definition) is 2. The summed E-state index contributed by atoms with van der Waals surface area (Å²) in [4.78, 5) is 11.1. The number of aromatic amines is 1. The Hall–Kier alpha value is -2.51. The minimum atomic E-state index is -0.00692. The van der Waals surface area contributed by atoms with Gasteiger partial charge in [-0.25, -0.2) is 9.97 Å². The second kappa shape index (κ2) is 7.39. The zero-order chi connectivity index (χ0) is 17.9. The number of H-pyrrole nitrogens is 1. The van der Waals surface area contributed by atoms with E-state index in [2.05, 4.69) is 31.1 Å². The van der Waals surface area contributed by atoms with E-state index in [0.717, 1.165) is 55.0 Å². The Morgan fingerprint density at radius 1 is 1.23 bits per heavy atom. The predicted molar refractivity (Wildman–Crippen MR) is 97.9 cm³/mol. The van der Waals surface area contributed by atoms with E-state index in [1.807, 2.05) is 12.1 Å². The SMILES string of the molecule is COc1ccc(CN2CCC(c3[nH]nc4nccnc34)CC2)cc1CO. The highest BCUT2D eigenvalue weighted by Gasteiger charge is 2.24. The molecule has 1 aromatic carbocycles. The van der Waals surface area contributed by atoms with Crippen LogP contribution in [0.15, 0.2) is 30.6 Å². The van der Waals surface area contributed by atoms with E-state index in [1.54, 1.807) is 19.5 Å². The number of aliphatic hydroxyl groups excluding tert-OH is 1. The normalized spacial score (nSPS) is 16.2. The van der Waals surface area contributed by atoms with Crippen LogP contribution in [-0.2, 0) is 13.2 Å². The molecule has 1 aliphatic heterocycles. The van der Waals surface area contributed by atoms with Gasteiger partial charge in [0, 0.05) is 30.4 Å². The molecule has 7 heteroatoms. The van der Waals surface area contributed by atoms with E-state index in [1.165, 1.54) is 5.56 Å². The number of ether oxygens (including phenoxy) is 1. The van der Waals surface area contributed by atoms with Crippen LogP contribution in [0.3, 0.4) is 0 Å². The number of likely N-dealkylation sites (tertiary alicyclic amines) is 1. The van der Waals surface area contributed by atoms with Crippen molar-refractivity contribution in [3.05, 3.63) is 47.4 Å². The van der Waals surface area contributed by atoms with E-state index in [9.17, 15) is 5.11 Å². The average Bonchev–Trinajstić information content (AvgIpc) is 3.12. The molecule has 136 valence electrons. The lowest BCUT2D eigenvalue weighted by atomic mass is 9.92. The molecule has 0 saturated carbocycles. The van der Waals surface area contributed by atoms with Gasteiger partial charge in [-0.1, -0.05) is 6.07 Å². The Labute approximate surface area is 152 Å². The Morgan fingerprint density at radius 3 is 2.81 bits per heavy atom. The number of hydrogen-bond acceptors (Lipinski definition) is 6. The van der Waals surface area contributed by atoms with Gasteiger partial charge < -0.3 is 9.84 Å². The third-order valence-corrected chi connectivity index (χ3v) is 5.13. The summed E-state index contributed by atoms with van der Waals surface area (Å²) < 4.78 is 5.28. The Morgan fingerprint density at radius 2 is 2.04 bits per heavy atom. The summed E-state index contributed by atoms with van der Waals surface area (Å²) in [6.45, 7) is 2.91. The van der Waals surface area contributed by atoms with Gasteiger partial charge in [-0.15, -0.1) is 0 Å². The van der Waals surface area contributed by atoms with Crippen molar-refractivity contribution in [2.75, 3.05) is 20.2 Å². The molecule has 7 nitrogen and oxygen atoms in total. The van der Waals surface area contributed by atoms with Crippen molar-refractivity contribution in [2.45, 2.75) is 31.9 Å². The van der Waals surface area contributed by atoms with Gasteiger partial charge in [0.25, 0.3) is 0 Å². The predicted octanol–water partition coefficient (Wildman–Crippen LogP) is 2.23. The molecular weight excluding hydrogens is 330 g/mol. The molecule has 2 N–H and O–H groups in total. The summed E-state index contributed by atoms with van der Waals surface area (Å²) in [6.07, 6.45) is 5.53. The van der Waals surface area contributed by atoms with Crippen LogP contribution in [0.1, 0.15) is 35.6 Å². The fourth-order valence-corrected chi connectivity index (χ4v) is 3.75. The molecule has 1 saturated heterocycles. The van der Waals surface area contributed by atoms with Gasteiger partial charge in [-0.2, -0.15) is 5.10 Å². The largest absolute Gasteiger partial charge is 0.496 e. The van der Waals surface area contributed by atoms with Gasteiger partial charge in [0.2, 0.25) is 0 Å². The lowest BCUT2D eigenvalue weighted by Crippen LogP contribution is -2.32. The van der Waals surface area contributed by atoms with E-state index in [4.69, 9.17) is 4.74 Å². The minimum absolute atomic E-state index is 0.00692. The summed E-state index contributed by atoms with van der Waals surface area (Å²) >= 11 is 0. The summed E-state index contributed by atoms with van der Waals surface area (Å²) in [5.74, 6) is 1.18. The first-order valence-electron chi connectivity index (χ1n) is 8.92. The molecule has 0 aliphatic carbocycles. The molecule has 4 rings (SSSR count). The van der Waals surface area contributed by atoms with Crippen LogP contribution in [0.4, 0.5) is 0 Å². The third kappa shape index (κ3) is 3.27. The standard InChI is InChI=1S/C19H23N5O2/c1-26-16-3-2-13(10-15(16)12-25)11-24-8-4-14(5-9-24)17-18-19(23-22-17)21-7-6-20-18/h2-3,6-7,10,14,25H,4-5,8-9,11-12H2,1H3,(H,21,22,23). The monoisotopic (exact) mass is 353 g/mol. The van der Waals surface area contributed by atoms with Crippen molar-refractivity contribution in [1.29, 1.82) is 0 Å². The molecular formula is C19H23N5O2. The molecule has 0 unspecified atom stereocenters. The van der Waals surface area contributed by atoms with Crippen molar-refractivity contribution >= 4 is 11.2 Å². The Bertz CT molecular complexity index is 887. The molecule has 0 amide bonds. The number of nitrogens with zero attached hydrogens (tertiary/aromatic N) is 4. The molecule has 3 heterocycles. The van der Waals surface area contributed by atoms with Crippen LogP contribution in [0, 0.1) is 0 Å². The van der Waals surface area contributed by atoms with Crippen LogP contribution in [0.25, 0.3) is 11.2 Å². The fraction of sp³-hybridized carbons (Fsp3) is 0.421. The van der Waals surface area contributed by atoms with Gasteiger partial charge >= 0.3 is 0 Å². The average molecular weight is 353 g/mol. The molecule has 0 spiro atoms. The maximum absolute atomic E-state index is 9.49. The summed E-state index contributed by atoms with van der Waals surface area (Å²) in [7, 11) is 1.63. The maximum Gasteiger partial charge on any atom is 0.199 e. The lowest BCUT2D eigenvalue weighted by molar-refractivity contribution is 0.203. The van der Waals surface area contributed by atoms with Gasteiger partial charge in [0.15, 0.2) is 5.65 Å². The van der Waals surface area contributed by atoms with Crippen molar-refractivity contribution in [2.24, 2.45) is 0 Å². The minimum Gasteiger partial charge on any atom is -0.496 e. The number of aromatic nitrogens is 4. The van der Waals surface area contributed by atoms with Crippen molar-refractivity contribution in [3.63, 3.8) is 0 Å². The summed E-state index contributed by atoms with van der Waals surface area (Å²) in [6, 6.07) is 6.04. The molecule has 26 heavy (non-hydrogen) atoms. The molecule has 0 radical (unpaired) electrons. The van der Waals surface area contributed by atoms with Gasteiger partial charge in [-0.3, -0.25) is 10.00 Å². The first kappa shape index (κ1) is 16.9. The number of benzene rings is 1. The summed E-state index contributed by atoms with van der Waals surface area (Å²) in [5.41, 5.74) is 4.74. The lowest BCUT2D eigenvalue weighted by Gasteiger charge is -2.31. The molecule has 2 aromatic heterocycles. The molecule has 3 aromatic rings. The number of piperidine rings is 1. The second-order valence-electron chi connectivity index (χ2n) is 6.72. The van der Waals surface area contributed by atoms with Crippen molar-refractivity contribution < 1.29 is 9.84 Å². The third-order valence-electron chi connectivity index (χ3n) is 5.13. The quantitative estimate of drug-likeness (QED) is 0.731. The van der Waals surface area contributed by atoms with E-state index < -0.39 is 0 Å². The highest BCUT2D eigenvalue weighted by Crippen LogP contribution is 2.31. The molecule has 1 aliphatic rings. The second-order valence-corrected chi connectivity index (χ2v) is 6.72. The van der Waals surface area contributed by atoms with Crippen LogP contribution in [0.5, 0.6) is 5.75 Å². The number of nitrogens with one attached hydrogen (secondary N) is 1. The number of aliphatic hydroxyl groups is 1. The van der Waals surface area contributed by atoms with Crippen LogP contribution in [-0.4, -0.2) is 50.4 Å². The zero-order valence-corrected chi connectivity index (χ0v) is 14.9. The highest BCUT2D eigenvalue weighted by molar-refractivity contribution is 5.72. The zero-order valence-electron chi connectivity index (χ0n) is 14.9. The van der Waals surface area contributed by atoms with Gasteiger partial charge in [-0.05, 0) is 43.6 Å². The first-order valence-corrected chi connectivity index (χ1v) is 8.92. The molecule has 0 bridgehead atoms. The first-order chi connectivity index (χ1) is 12.8. The summed E-state index contributed by atoms with van der Waals surface area (Å²) in [5, 5.41) is 16.9. The maximum atomic E-state index is 9.49. The Kier molecular flexibility index (Phi) is 4.81. The molecule has 1 fully saturated rings. The van der Waals surface area contributed by atoms with Crippen LogP contribution in [0.2, 0.25) is 0 Å². The number of fused-ring (bicyclic) bond motifs is 1. The van der Waals surface area contributed by atoms with Gasteiger partial charge in [0.05, 0.1) is 19.4 Å². The van der Waals surface area contributed by atoms with Crippen LogP contribution < -0.4 is 4.74 Å². The Balaban J connectivity index is 1.41.